The molecule has 0 fully saturated rings. The number of ether oxygens (including phenoxy) is 1. The van der Waals surface area contributed by atoms with Crippen molar-refractivity contribution in [1.82, 2.24) is 5.32 Å². The molecule has 3 N–H and O–H groups in total. The van der Waals surface area contributed by atoms with Crippen LogP contribution in [0.2, 0.25) is 0 Å². The van der Waals surface area contributed by atoms with Crippen molar-refractivity contribution in [2.45, 2.75) is 386 Å². The van der Waals surface area contributed by atoms with Crippen LogP contribution in [0.15, 0.2) is 24.3 Å². The summed E-state index contributed by atoms with van der Waals surface area (Å²) in [6.45, 7) is 4.90. The second-order valence-electron chi connectivity index (χ2n) is 23.2. The maximum atomic E-state index is 12.5. The molecule has 2 unspecified atom stereocenters. The normalized spacial score (nSPS) is 12.6. The molecular formula is C68H131NO5. The number of carbonyl (C=O) groups excluding carboxylic acids is 2. The van der Waals surface area contributed by atoms with Gasteiger partial charge < -0.3 is 20.3 Å². The highest BCUT2D eigenvalue weighted by molar-refractivity contribution is 5.76. The molecule has 0 aliphatic rings. The van der Waals surface area contributed by atoms with Crippen LogP contribution in [-0.4, -0.2) is 47.4 Å². The molecule has 0 bridgehead atoms. The van der Waals surface area contributed by atoms with E-state index < -0.39 is 12.1 Å². The topological polar surface area (TPSA) is 95.9 Å². The molecule has 0 aromatic heterocycles. The summed E-state index contributed by atoms with van der Waals surface area (Å²) >= 11 is 0. The number of unbranched alkanes of at least 4 members (excludes halogenated alkanes) is 50. The molecule has 438 valence electrons. The average Bonchev–Trinajstić information content (AvgIpc) is 3.40. The van der Waals surface area contributed by atoms with Crippen molar-refractivity contribution < 1.29 is 24.5 Å². The molecule has 2 atom stereocenters. The van der Waals surface area contributed by atoms with Crippen LogP contribution in [0.3, 0.4) is 0 Å². The fraction of sp³-hybridized carbons (Fsp3) is 0.912. The molecule has 0 aromatic carbocycles. The number of nitrogens with one attached hydrogen (secondary N) is 1. The van der Waals surface area contributed by atoms with Gasteiger partial charge >= 0.3 is 5.97 Å². The fourth-order valence-electron chi connectivity index (χ4n) is 10.6. The van der Waals surface area contributed by atoms with Crippen LogP contribution in [0.1, 0.15) is 373 Å². The van der Waals surface area contributed by atoms with Crippen LogP contribution in [0, 0.1) is 0 Å². The van der Waals surface area contributed by atoms with Crippen molar-refractivity contribution in [3.63, 3.8) is 0 Å². The highest BCUT2D eigenvalue weighted by atomic mass is 16.5. The van der Waals surface area contributed by atoms with Gasteiger partial charge in [0.05, 0.1) is 25.4 Å². The number of carbonyl (C=O) groups is 2. The highest BCUT2D eigenvalue weighted by Crippen LogP contribution is 2.18. The number of hydrogen-bond donors (Lipinski definition) is 3. The standard InChI is InChI=1S/C68H131NO5/c1-3-5-7-9-11-13-15-37-40-44-48-52-56-60-66(71)65(64-70)69-67(72)61-57-53-49-45-41-38-35-33-31-29-27-25-23-21-19-17-18-20-22-24-26-28-30-32-34-36-39-43-47-51-55-59-63-74-68(73)62-58-54-50-46-42-16-14-12-10-8-6-4-2/h12,14,56,60,65-66,70-71H,3-11,13,15-55,57-59,61-64H2,1-2H3,(H,69,72)/b14-12-,60-56+. The Morgan fingerprint density at radius 1 is 0.365 bits per heavy atom. The largest absolute Gasteiger partial charge is 0.466 e. The summed E-state index contributed by atoms with van der Waals surface area (Å²) in [5, 5.41) is 23.1. The number of aliphatic hydroxyl groups is 2. The third-order valence-electron chi connectivity index (χ3n) is 15.7. The van der Waals surface area contributed by atoms with Gasteiger partial charge in [-0.3, -0.25) is 9.59 Å². The van der Waals surface area contributed by atoms with Crippen molar-refractivity contribution in [3.8, 4) is 0 Å². The molecule has 0 aromatic rings. The number of aliphatic hydroxyl groups excluding tert-OH is 2. The molecule has 0 rings (SSSR count). The third kappa shape index (κ3) is 59.6. The highest BCUT2D eigenvalue weighted by Gasteiger charge is 2.18. The first-order valence-corrected chi connectivity index (χ1v) is 33.6. The Bertz CT molecular complexity index is 1150. The smallest absolute Gasteiger partial charge is 0.305 e. The van der Waals surface area contributed by atoms with Gasteiger partial charge in [0.1, 0.15) is 0 Å². The first-order chi connectivity index (χ1) is 36.5. The lowest BCUT2D eigenvalue weighted by Crippen LogP contribution is -2.45. The zero-order valence-corrected chi connectivity index (χ0v) is 50.1. The summed E-state index contributed by atoms with van der Waals surface area (Å²) < 4.78 is 5.47. The van der Waals surface area contributed by atoms with Crippen LogP contribution in [0.25, 0.3) is 0 Å². The van der Waals surface area contributed by atoms with E-state index in [1.54, 1.807) is 6.08 Å². The Balaban J connectivity index is 3.32. The van der Waals surface area contributed by atoms with Gasteiger partial charge in [-0.2, -0.15) is 0 Å². The lowest BCUT2D eigenvalue weighted by atomic mass is 10.0. The molecule has 0 spiro atoms. The van der Waals surface area contributed by atoms with E-state index in [0.29, 0.717) is 19.4 Å². The minimum Gasteiger partial charge on any atom is -0.466 e. The first kappa shape index (κ1) is 72.3. The molecule has 0 saturated carbocycles. The Morgan fingerprint density at radius 2 is 0.635 bits per heavy atom. The second kappa shape index (κ2) is 63.9. The summed E-state index contributed by atoms with van der Waals surface area (Å²) in [4.78, 5) is 24.5. The Kier molecular flexibility index (Phi) is 62.4. The predicted octanol–water partition coefficient (Wildman–Crippen LogP) is 21.4. The number of amides is 1. The van der Waals surface area contributed by atoms with E-state index in [1.165, 1.54) is 302 Å². The van der Waals surface area contributed by atoms with Gasteiger partial charge in [0, 0.05) is 12.8 Å². The maximum Gasteiger partial charge on any atom is 0.305 e. The zero-order valence-electron chi connectivity index (χ0n) is 50.1. The van der Waals surface area contributed by atoms with Crippen molar-refractivity contribution in [2.24, 2.45) is 0 Å². The van der Waals surface area contributed by atoms with Gasteiger partial charge in [-0.1, -0.05) is 327 Å². The lowest BCUT2D eigenvalue weighted by Gasteiger charge is -2.20. The van der Waals surface area contributed by atoms with E-state index in [9.17, 15) is 19.8 Å². The summed E-state index contributed by atoms with van der Waals surface area (Å²) in [6, 6.07) is -0.623. The summed E-state index contributed by atoms with van der Waals surface area (Å²) in [5.41, 5.74) is 0. The average molecular weight is 1040 g/mol. The van der Waals surface area contributed by atoms with E-state index in [0.717, 1.165) is 44.9 Å². The lowest BCUT2D eigenvalue weighted by molar-refractivity contribution is -0.143. The first-order valence-electron chi connectivity index (χ1n) is 33.6. The molecule has 1 amide bonds. The van der Waals surface area contributed by atoms with Crippen LogP contribution in [0.4, 0.5) is 0 Å². The van der Waals surface area contributed by atoms with Crippen LogP contribution < -0.4 is 5.32 Å². The van der Waals surface area contributed by atoms with Gasteiger partial charge in [0.2, 0.25) is 5.91 Å². The van der Waals surface area contributed by atoms with Gasteiger partial charge in [-0.25, -0.2) is 0 Å². The molecule has 74 heavy (non-hydrogen) atoms. The monoisotopic (exact) mass is 1040 g/mol. The predicted molar refractivity (Wildman–Crippen MR) is 324 cm³/mol. The molecule has 6 nitrogen and oxygen atoms in total. The summed E-state index contributed by atoms with van der Waals surface area (Å²) in [6.07, 6.45) is 79.7. The molecule has 0 aliphatic carbocycles. The number of rotatable bonds is 63. The molecule has 0 radical (unpaired) electrons. The fourth-order valence-corrected chi connectivity index (χ4v) is 10.6. The SMILES string of the molecule is CCCCC/C=C\CCCCCCCC(=O)OCCCCCCCCCCCCCCCCCCCCCCCCCCCCCCCCCCC(=O)NC(CO)C(O)/C=C/CCCCCCCCCCCCC. The molecule has 6 heteroatoms. The molecule has 0 heterocycles. The van der Waals surface area contributed by atoms with E-state index >= 15 is 0 Å². The van der Waals surface area contributed by atoms with Crippen molar-refractivity contribution in [1.29, 1.82) is 0 Å². The number of esters is 1. The van der Waals surface area contributed by atoms with Crippen molar-refractivity contribution in [3.05, 3.63) is 24.3 Å². The minimum absolute atomic E-state index is 0.0111. The van der Waals surface area contributed by atoms with Gasteiger partial charge in [0.25, 0.3) is 0 Å². The summed E-state index contributed by atoms with van der Waals surface area (Å²) in [7, 11) is 0. The number of hydrogen-bond acceptors (Lipinski definition) is 5. The minimum atomic E-state index is -0.840. The van der Waals surface area contributed by atoms with E-state index in [1.807, 2.05) is 6.08 Å². The number of allylic oxidation sites excluding steroid dienone is 3. The van der Waals surface area contributed by atoms with Gasteiger partial charge in [-0.05, 0) is 57.8 Å². The zero-order chi connectivity index (χ0) is 53.6. The Morgan fingerprint density at radius 3 is 0.986 bits per heavy atom. The van der Waals surface area contributed by atoms with E-state index in [-0.39, 0.29) is 18.5 Å². The second-order valence-corrected chi connectivity index (χ2v) is 23.2. The maximum absolute atomic E-state index is 12.5. The molecule has 0 saturated heterocycles. The quantitative estimate of drug-likeness (QED) is 0.0320. The Labute approximate surface area is 462 Å². The van der Waals surface area contributed by atoms with Crippen LogP contribution in [-0.2, 0) is 14.3 Å². The van der Waals surface area contributed by atoms with Crippen LogP contribution in [0.5, 0.6) is 0 Å². The van der Waals surface area contributed by atoms with E-state index in [4.69, 9.17) is 4.74 Å². The van der Waals surface area contributed by atoms with E-state index in [2.05, 4.69) is 31.3 Å². The van der Waals surface area contributed by atoms with Gasteiger partial charge in [0.15, 0.2) is 0 Å². The van der Waals surface area contributed by atoms with Crippen LogP contribution >= 0.6 is 0 Å². The summed E-state index contributed by atoms with van der Waals surface area (Å²) in [5.74, 6) is -0.0510. The molecular weight excluding hydrogens is 911 g/mol. The van der Waals surface area contributed by atoms with Crippen molar-refractivity contribution in [2.75, 3.05) is 13.2 Å². The Hall–Kier alpha value is -1.66. The third-order valence-corrected chi connectivity index (χ3v) is 15.7. The van der Waals surface area contributed by atoms with Crippen molar-refractivity contribution >= 4 is 11.9 Å². The van der Waals surface area contributed by atoms with Gasteiger partial charge in [-0.15, -0.1) is 0 Å². The molecule has 0 aliphatic heterocycles.